The van der Waals surface area contributed by atoms with Crippen LogP contribution >= 0.6 is 17.6 Å². The van der Waals surface area contributed by atoms with Gasteiger partial charge in [-0.05, 0) is 0 Å². The Kier molecular flexibility index (Phi) is 11.7. The van der Waals surface area contributed by atoms with Crippen LogP contribution in [0.2, 0.25) is 122 Å². The van der Waals surface area contributed by atoms with Gasteiger partial charge in [0.2, 0.25) is 0 Å². The molecule has 1 radical (unpaired) electrons. The predicted molar refractivity (Wildman–Crippen MR) is 223 cm³/mol. The number of allylic oxidation sites excluding steroid dienone is 4. The second-order valence-electron chi connectivity index (χ2n) is 19.8. The molecule has 1 aliphatic carbocycles. The van der Waals surface area contributed by atoms with Crippen molar-refractivity contribution in [2.45, 2.75) is 137 Å². The molecule has 2 aliphatic rings. The van der Waals surface area contributed by atoms with Crippen LogP contribution in [0.25, 0.3) is 0 Å². The van der Waals surface area contributed by atoms with Crippen LogP contribution in [0.5, 0.6) is 0 Å². The first-order chi connectivity index (χ1) is 18.6. The van der Waals surface area contributed by atoms with Gasteiger partial charge in [-0.25, -0.2) is 0 Å². The number of rotatable bonds is 11. The summed E-state index contributed by atoms with van der Waals surface area (Å²) in [6.45, 7) is 48.4. The molecule has 3 rings (SSSR count). The fourth-order valence-electron chi connectivity index (χ4n) is 9.49. The zero-order valence-electron chi connectivity index (χ0n) is 30.7. The molecule has 1 aromatic rings. The van der Waals surface area contributed by atoms with E-state index < -0.39 is 65.4 Å². The van der Waals surface area contributed by atoms with Gasteiger partial charge >= 0.3 is 284 Å². The molecule has 0 unspecified atom stereocenters. The van der Waals surface area contributed by atoms with E-state index in [4.69, 9.17) is 0 Å². The molecule has 10 heteroatoms. The van der Waals surface area contributed by atoms with Crippen LogP contribution < -0.4 is 5.46 Å². The second kappa shape index (κ2) is 12.9. The fraction of sp³-hybridized carbons (Fsp3) is 0.688. The third kappa shape index (κ3) is 8.72. The molecule has 42 heavy (non-hydrogen) atoms. The van der Waals surface area contributed by atoms with Gasteiger partial charge < -0.3 is 0 Å². The van der Waals surface area contributed by atoms with Crippen molar-refractivity contribution >= 4 is 93.8 Å². The van der Waals surface area contributed by atoms with Crippen molar-refractivity contribution < 1.29 is 0 Å². The first-order valence-electron chi connectivity index (χ1n) is 16.4. The summed E-state index contributed by atoms with van der Waals surface area (Å²) < 4.78 is 0.794. The van der Waals surface area contributed by atoms with Crippen molar-refractivity contribution in [1.29, 1.82) is 0 Å². The Morgan fingerprint density at radius 1 is 0.524 bits per heavy atom. The first-order valence-corrected chi connectivity index (χ1v) is 48.2. The normalized spacial score (nSPS) is 18.3. The SMILES string of the molecule is C[Si](C)(C)C(c1cc(C([Si](C)(C)C)[Si](C)(C)C)c(B2[S][Sn]([CH]3C=CC=C3)[S]2)c(C([Si](C)(C)C)[Si](C)(C)C)c1)[Si](C)(C)C. The third-order valence-corrected chi connectivity index (χ3v) is 60.1. The average molecular weight is 811 g/mol. The van der Waals surface area contributed by atoms with Gasteiger partial charge in [-0.15, -0.1) is 0 Å². The monoisotopic (exact) mass is 811 g/mol. The third-order valence-electron chi connectivity index (χ3n) is 9.12. The van der Waals surface area contributed by atoms with Gasteiger partial charge in [0.05, 0.1) is 0 Å². The fourth-order valence-corrected chi connectivity index (χ4v) is 67.4. The molecule has 1 aromatic carbocycles. The summed E-state index contributed by atoms with van der Waals surface area (Å²) in [6.07, 6.45) is 9.65. The maximum absolute atomic E-state index is 2.91. The molecule has 1 heterocycles. The summed E-state index contributed by atoms with van der Waals surface area (Å²) in [4.78, 5) is 0. The van der Waals surface area contributed by atoms with Crippen molar-refractivity contribution in [1.82, 2.24) is 0 Å². The summed E-state index contributed by atoms with van der Waals surface area (Å²) in [6, 6.07) is 5.81. The van der Waals surface area contributed by atoms with Gasteiger partial charge in [0.25, 0.3) is 0 Å². The summed E-state index contributed by atoms with van der Waals surface area (Å²) in [7, 11) is -3.85. The van der Waals surface area contributed by atoms with E-state index in [1.165, 1.54) is 0 Å². The van der Waals surface area contributed by atoms with E-state index in [1.54, 1.807) is 5.56 Å². The molecule has 0 bridgehead atoms. The Bertz CT molecular complexity index is 1080. The molecule has 0 saturated carbocycles. The second-order valence-corrected chi connectivity index (χ2v) is 70.5. The van der Waals surface area contributed by atoms with Crippen LogP contribution in [-0.2, 0) is 0 Å². The first kappa shape index (κ1) is 38.0. The molecule has 0 amide bonds. The molecule has 0 nitrogen and oxygen atoms in total. The molecule has 1 fully saturated rings. The minimum absolute atomic E-state index is 0.670. The van der Waals surface area contributed by atoms with E-state index >= 15 is 0 Å². The Morgan fingerprint density at radius 3 is 1.12 bits per heavy atom. The number of hydrogen-bond donors (Lipinski definition) is 0. The molecule has 1 saturated heterocycles. The average Bonchev–Trinajstić information content (AvgIpc) is 3.15. The van der Waals surface area contributed by atoms with Gasteiger partial charge in [0.1, 0.15) is 0 Å². The Labute approximate surface area is 281 Å². The molecule has 0 N–H and O–H groups in total. The Hall–Kier alpha value is 1.56. The summed E-state index contributed by atoms with van der Waals surface area (Å²) in [5.74, 6) is 0. The van der Waals surface area contributed by atoms with E-state index in [-0.39, 0.29) is 0 Å². The van der Waals surface area contributed by atoms with Crippen LogP contribution in [0.15, 0.2) is 36.4 Å². The van der Waals surface area contributed by atoms with Crippen molar-refractivity contribution in [3.8, 4) is 0 Å². The van der Waals surface area contributed by atoms with Gasteiger partial charge in [-0.1, -0.05) is 0 Å². The van der Waals surface area contributed by atoms with Crippen LogP contribution in [0, 0.1) is 0 Å². The van der Waals surface area contributed by atoms with Crippen molar-refractivity contribution in [2.75, 3.05) is 0 Å². The molecular weight excluding hydrogens is 747 g/mol. The molecule has 0 atom stereocenters. The van der Waals surface area contributed by atoms with E-state index in [2.05, 4.69) is 172 Å². The van der Waals surface area contributed by atoms with E-state index in [0.717, 1.165) is 19.4 Å². The molecule has 0 aromatic heterocycles. The van der Waals surface area contributed by atoms with Gasteiger partial charge in [-0.2, -0.15) is 0 Å². The van der Waals surface area contributed by atoms with Crippen LogP contribution in [0.1, 0.15) is 32.2 Å². The molecule has 235 valence electrons. The molecule has 1 aliphatic heterocycles. The van der Waals surface area contributed by atoms with Crippen LogP contribution in [0.3, 0.4) is 0 Å². The molecule has 0 spiro atoms. The Balaban J connectivity index is 2.49. The van der Waals surface area contributed by atoms with Crippen molar-refractivity contribution in [2.24, 2.45) is 0 Å². The van der Waals surface area contributed by atoms with Crippen LogP contribution in [-0.4, -0.2) is 70.7 Å². The summed E-state index contributed by atoms with van der Waals surface area (Å²) >= 11 is -1.58. The number of benzene rings is 1. The number of hydrogen-bond acceptors (Lipinski definition) is 2. The Morgan fingerprint density at radius 2 is 0.833 bits per heavy atom. The van der Waals surface area contributed by atoms with E-state index in [1.807, 2.05) is 16.6 Å². The van der Waals surface area contributed by atoms with E-state index in [9.17, 15) is 0 Å². The predicted octanol–water partition coefficient (Wildman–Crippen LogP) is 11.4. The van der Waals surface area contributed by atoms with Crippen molar-refractivity contribution in [3.63, 3.8) is 0 Å². The van der Waals surface area contributed by atoms with Crippen molar-refractivity contribution in [3.05, 3.63) is 53.1 Å². The van der Waals surface area contributed by atoms with Crippen LogP contribution in [0.4, 0.5) is 0 Å². The topological polar surface area (TPSA) is 0 Å². The van der Waals surface area contributed by atoms with Gasteiger partial charge in [0, 0.05) is 0 Å². The summed E-state index contributed by atoms with van der Waals surface area (Å²) in [5.41, 5.74) is 7.39. The van der Waals surface area contributed by atoms with Gasteiger partial charge in [-0.3, -0.25) is 0 Å². The standard InChI is InChI=1S/C27H59BS2Si6.C5H5.Sn/c1-31(2,3)25(32(4,5)6)21-19-22(26(33(7,8)9)34(10,11)12)24(28(29)30)23(20-21)27(35(13,14)15)36(16,17)18;1-2-4-5-3-1;/h19-20,25-27H,1-18H3;1-5H;/q-2;;+2. The molecular formula is C32H64BS2Si6Sn. The zero-order valence-corrected chi connectivity index (χ0v) is 41.2. The summed E-state index contributed by atoms with van der Waals surface area (Å²) in [5, 5.41) is 3.06. The van der Waals surface area contributed by atoms with Gasteiger partial charge in [0.15, 0.2) is 0 Å². The minimum atomic E-state index is -1.58. The zero-order chi connectivity index (χ0) is 32.4. The van der Waals surface area contributed by atoms with E-state index in [0.29, 0.717) is 5.27 Å². The maximum atomic E-state index is 2.91. The quantitative estimate of drug-likeness (QED) is 0.204.